The Morgan fingerprint density at radius 2 is 1.93 bits per heavy atom. The van der Waals surface area contributed by atoms with Gasteiger partial charge in [-0.2, -0.15) is 0 Å². The quantitative estimate of drug-likeness (QED) is 0.646. The van der Waals surface area contributed by atoms with Gasteiger partial charge in [0.25, 0.3) is 0 Å². The van der Waals surface area contributed by atoms with Crippen molar-refractivity contribution in [3.63, 3.8) is 0 Å². The molecule has 0 aliphatic carbocycles. The highest BCUT2D eigenvalue weighted by Gasteiger charge is 2.20. The SMILES string of the molecule is CN=C(NCc1ccnc(N(C)C)c1)N1CCN(c2ccccc2Cl)CC1. The smallest absolute Gasteiger partial charge is 0.194 e. The van der Waals surface area contributed by atoms with Crippen LogP contribution in [0.3, 0.4) is 0 Å². The number of nitrogens with zero attached hydrogens (tertiary/aromatic N) is 5. The molecule has 144 valence electrons. The first-order valence-electron chi connectivity index (χ1n) is 9.16. The van der Waals surface area contributed by atoms with Crippen LogP contribution in [-0.2, 0) is 6.54 Å². The van der Waals surface area contributed by atoms with Crippen molar-refractivity contribution < 1.29 is 0 Å². The summed E-state index contributed by atoms with van der Waals surface area (Å²) in [5.74, 6) is 1.88. The predicted molar refractivity (Wildman–Crippen MR) is 114 cm³/mol. The van der Waals surface area contributed by atoms with Crippen LogP contribution in [0.4, 0.5) is 11.5 Å². The van der Waals surface area contributed by atoms with Crippen molar-refractivity contribution in [1.29, 1.82) is 0 Å². The summed E-state index contributed by atoms with van der Waals surface area (Å²) in [6.45, 7) is 4.38. The molecule has 27 heavy (non-hydrogen) atoms. The zero-order valence-electron chi connectivity index (χ0n) is 16.2. The second-order valence-corrected chi connectivity index (χ2v) is 7.15. The third kappa shape index (κ3) is 4.83. The van der Waals surface area contributed by atoms with E-state index < -0.39 is 0 Å². The summed E-state index contributed by atoms with van der Waals surface area (Å²) >= 11 is 6.34. The normalized spacial score (nSPS) is 15.0. The average molecular weight is 387 g/mol. The van der Waals surface area contributed by atoms with E-state index in [-0.39, 0.29) is 0 Å². The summed E-state index contributed by atoms with van der Waals surface area (Å²) in [6.07, 6.45) is 1.84. The van der Waals surface area contributed by atoms with E-state index in [0.29, 0.717) is 0 Å². The number of piperazine rings is 1. The molecule has 0 atom stereocenters. The van der Waals surface area contributed by atoms with Crippen LogP contribution in [0.5, 0.6) is 0 Å². The number of guanidine groups is 1. The van der Waals surface area contributed by atoms with Gasteiger partial charge in [-0.25, -0.2) is 4.98 Å². The van der Waals surface area contributed by atoms with E-state index >= 15 is 0 Å². The van der Waals surface area contributed by atoms with Crippen LogP contribution in [0.2, 0.25) is 5.02 Å². The van der Waals surface area contributed by atoms with Gasteiger partial charge in [-0.1, -0.05) is 23.7 Å². The number of aliphatic imine (C=N–C) groups is 1. The van der Waals surface area contributed by atoms with Gasteiger partial charge in [-0.3, -0.25) is 4.99 Å². The van der Waals surface area contributed by atoms with Gasteiger partial charge < -0.3 is 20.0 Å². The van der Waals surface area contributed by atoms with Gasteiger partial charge in [0.15, 0.2) is 5.96 Å². The highest BCUT2D eigenvalue weighted by Crippen LogP contribution is 2.26. The highest BCUT2D eigenvalue weighted by molar-refractivity contribution is 6.33. The lowest BCUT2D eigenvalue weighted by Crippen LogP contribution is -2.52. The third-order valence-electron chi connectivity index (χ3n) is 4.70. The topological polar surface area (TPSA) is 47.0 Å². The maximum atomic E-state index is 6.34. The van der Waals surface area contributed by atoms with E-state index in [1.165, 1.54) is 5.56 Å². The van der Waals surface area contributed by atoms with Crippen LogP contribution < -0.4 is 15.1 Å². The van der Waals surface area contributed by atoms with Crippen molar-refractivity contribution >= 4 is 29.1 Å². The highest BCUT2D eigenvalue weighted by atomic mass is 35.5. The van der Waals surface area contributed by atoms with Crippen molar-refractivity contribution in [3.05, 3.63) is 53.2 Å². The summed E-state index contributed by atoms with van der Waals surface area (Å²) in [7, 11) is 5.83. The molecule has 1 fully saturated rings. The Morgan fingerprint density at radius 1 is 1.19 bits per heavy atom. The maximum Gasteiger partial charge on any atom is 0.194 e. The first kappa shape index (κ1) is 19.3. The number of pyridine rings is 1. The Kier molecular flexibility index (Phi) is 6.40. The Balaban J connectivity index is 1.56. The van der Waals surface area contributed by atoms with E-state index in [4.69, 9.17) is 11.6 Å². The number of nitrogens with one attached hydrogen (secondary N) is 1. The third-order valence-corrected chi connectivity index (χ3v) is 5.02. The summed E-state index contributed by atoms with van der Waals surface area (Å²) in [5, 5.41) is 4.28. The molecule has 2 aromatic rings. The molecule has 1 aromatic carbocycles. The molecular formula is C20H27ClN6. The number of benzene rings is 1. The Hall–Kier alpha value is -2.47. The molecule has 1 N–H and O–H groups in total. The fourth-order valence-electron chi connectivity index (χ4n) is 3.20. The van der Waals surface area contributed by atoms with Gasteiger partial charge in [0, 0.05) is 60.1 Å². The van der Waals surface area contributed by atoms with Crippen molar-refractivity contribution in [2.24, 2.45) is 4.99 Å². The van der Waals surface area contributed by atoms with Crippen LogP contribution >= 0.6 is 11.6 Å². The number of hydrogen-bond donors (Lipinski definition) is 1. The molecule has 3 rings (SSSR count). The molecule has 0 radical (unpaired) electrons. The summed E-state index contributed by atoms with van der Waals surface area (Å²) in [6, 6.07) is 12.1. The van der Waals surface area contributed by atoms with E-state index in [1.54, 1.807) is 0 Å². The summed E-state index contributed by atoms with van der Waals surface area (Å²) in [4.78, 5) is 15.5. The van der Waals surface area contributed by atoms with Gasteiger partial charge in [-0.15, -0.1) is 0 Å². The summed E-state index contributed by atoms with van der Waals surface area (Å²) < 4.78 is 0. The molecule has 7 heteroatoms. The lowest BCUT2D eigenvalue weighted by atomic mass is 10.2. The van der Waals surface area contributed by atoms with E-state index in [2.05, 4.69) is 37.2 Å². The molecule has 0 unspecified atom stereocenters. The Bertz CT molecular complexity index is 784. The van der Waals surface area contributed by atoms with Crippen molar-refractivity contribution in [1.82, 2.24) is 15.2 Å². The largest absolute Gasteiger partial charge is 0.367 e. The van der Waals surface area contributed by atoms with E-state index in [1.807, 2.05) is 56.5 Å². The first-order valence-corrected chi connectivity index (χ1v) is 9.53. The maximum absolute atomic E-state index is 6.34. The van der Waals surface area contributed by atoms with Crippen LogP contribution in [-0.4, -0.2) is 63.2 Å². The molecule has 6 nitrogen and oxygen atoms in total. The molecule has 1 aromatic heterocycles. The zero-order valence-corrected chi connectivity index (χ0v) is 16.9. The molecule has 1 aliphatic rings. The van der Waals surface area contributed by atoms with Crippen LogP contribution in [0.25, 0.3) is 0 Å². The van der Waals surface area contributed by atoms with Crippen molar-refractivity contribution in [2.45, 2.75) is 6.54 Å². The zero-order chi connectivity index (χ0) is 19.2. The number of rotatable bonds is 4. The fourth-order valence-corrected chi connectivity index (χ4v) is 3.45. The minimum Gasteiger partial charge on any atom is -0.367 e. The lowest BCUT2D eigenvalue weighted by molar-refractivity contribution is 0.372. The molecule has 2 heterocycles. The second-order valence-electron chi connectivity index (χ2n) is 6.74. The molecule has 0 amide bonds. The molecule has 0 saturated carbocycles. The molecule has 0 bridgehead atoms. The molecular weight excluding hydrogens is 360 g/mol. The van der Waals surface area contributed by atoms with Gasteiger partial charge in [0.2, 0.25) is 0 Å². The molecule has 0 spiro atoms. The molecule has 1 aliphatic heterocycles. The van der Waals surface area contributed by atoms with Crippen molar-refractivity contribution in [2.75, 3.05) is 57.1 Å². The minimum absolute atomic E-state index is 0.723. The van der Waals surface area contributed by atoms with Gasteiger partial charge in [0.05, 0.1) is 10.7 Å². The van der Waals surface area contributed by atoms with Gasteiger partial charge in [-0.05, 0) is 29.8 Å². The monoisotopic (exact) mass is 386 g/mol. The van der Waals surface area contributed by atoms with E-state index in [0.717, 1.165) is 55.2 Å². The molecule has 1 saturated heterocycles. The Labute approximate surface area is 166 Å². The van der Waals surface area contributed by atoms with Crippen LogP contribution in [0.15, 0.2) is 47.6 Å². The van der Waals surface area contributed by atoms with Crippen molar-refractivity contribution in [3.8, 4) is 0 Å². The predicted octanol–water partition coefficient (Wildman–Crippen LogP) is 2.70. The Morgan fingerprint density at radius 3 is 2.59 bits per heavy atom. The number of para-hydroxylation sites is 1. The minimum atomic E-state index is 0.723. The fraction of sp³-hybridized carbons (Fsp3) is 0.400. The lowest BCUT2D eigenvalue weighted by Gasteiger charge is -2.38. The standard InChI is InChI=1S/C20H27ClN6/c1-22-20(24-15-16-8-9-23-19(14-16)25(2)3)27-12-10-26(11-13-27)18-7-5-4-6-17(18)21/h4-9,14H,10-13,15H2,1-3H3,(H,22,24). The van der Waals surface area contributed by atoms with Gasteiger partial charge >= 0.3 is 0 Å². The average Bonchev–Trinajstić information content (AvgIpc) is 2.69. The second kappa shape index (κ2) is 8.95. The van der Waals surface area contributed by atoms with Gasteiger partial charge in [0.1, 0.15) is 5.82 Å². The number of anilines is 2. The first-order chi connectivity index (χ1) is 13.1. The number of aromatic nitrogens is 1. The number of halogens is 1. The number of hydrogen-bond acceptors (Lipinski definition) is 4. The van der Waals surface area contributed by atoms with Crippen LogP contribution in [0, 0.1) is 0 Å². The summed E-state index contributed by atoms with van der Waals surface area (Å²) in [5.41, 5.74) is 2.29. The van der Waals surface area contributed by atoms with Crippen LogP contribution in [0.1, 0.15) is 5.56 Å². The van der Waals surface area contributed by atoms with E-state index in [9.17, 15) is 0 Å².